The molecule has 0 aliphatic heterocycles. The van der Waals surface area contributed by atoms with Gasteiger partial charge in [-0.2, -0.15) is 0 Å². The summed E-state index contributed by atoms with van der Waals surface area (Å²) in [6.07, 6.45) is 5.52. The lowest BCUT2D eigenvalue weighted by atomic mass is 9.73. The fourth-order valence-electron chi connectivity index (χ4n) is 3.51. The van der Waals surface area contributed by atoms with Crippen molar-refractivity contribution in [3.63, 3.8) is 0 Å². The minimum Gasteiger partial charge on any atom is -0.103 e. The third-order valence-electron chi connectivity index (χ3n) is 4.29. The fourth-order valence-corrected chi connectivity index (χ4v) is 4.02. The summed E-state index contributed by atoms with van der Waals surface area (Å²) < 4.78 is 0. The van der Waals surface area contributed by atoms with Crippen LogP contribution in [0.25, 0.3) is 11.1 Å². The van der Waals surface area contributed by atoms with E-state index < -0.39 is 0 Å². The first kappa shape index (κ1) is 14.4. The molecule has 0 fully saturated rings. The number of fused-ring (bicyclic) bond motifs is 3. The lowest BCUT2D eigenvalue weighted by Crippen LogP contribution is -2.24. The summed E-state index contributed by atoms with van der Waals surface area (Å²) in [7, 11) is 0. The molecule has 0 N–H and O–H groups in total. The Morgan fingerprint density at radius 3 is 2.24 bits per heavy atom. The van der Waals surface area contributed by atoms with Crippen molar-refractivity contribution in [2.75, 3.05) is 0 Å². The lowest BCUT2D eigenvalue weighted by molar-refractivity contribution is 0.543. The third-order valence-corrected chi connectivity index (χ3v) is 5.10. The van der Waals surface area contributed by atoms with Crippen LogP contribution in [0.3, 0.4) is 0 Å². The molecule has 1 aliphatic carbocycles. The summed E-state index contributed by atoms with van der Waals surface area (Å²) in [6.45, 7) is 7.88. The Morgan fingerprint density at radius 1 is 0.905 bits per heavy atom. The molecule has 0 aromatic heterocycles. The summed E-state index contributed by atoms with van der Waals surface area (Å²) in [4.78, 5) is 0. The monoisotopic (exact) mass is 314 g/mol. The van der Waals surface area contributed by atoms with Gasteiger partial charge in [0.2, 0.25) is 0 Å². The van der Waals surface area contributed by atoms with Gasteiger partial charge in [-0.15, -0.1) is 13.2 Å². The van der Waals surface area contributed by atoms with Crippen LogP contribution in [0.5, 0.6) is 0 Å². The van der Waals surface area contributed by atoms with Gasteiger partial charge in [0.05, 0.1) is 10.0 Å². The van der Waals surface area contributed by atoms with Crippen LogP contribution in [-0.4, -0.2) is 0 Å². The van der Waals surface area contributed by atoms with Gasteiger partial charge < -0.3 is 0 Å². The van der Waals surface area contributed by atoms with Crippen LogP contribution in [0.2, 0.25) is 10.0 Å². The van der Waals surface area contributed by atoms with Gasteiger partial charge in [0, 0.05) is 5.41 Å². The predicted octanol–water partition coefficient (Wildman–Crippen LogP) is 6.41. The Bertz CT molecular complexity index is 718. The summed E-state index contributed by atoms with van der Waals surface area (Å²) in [5.41, 5.74) is 4.58. The van der Waals surface area contributed by atoms with E-state index >= 15 is 0 Å². The molecule has 106 valence electrons. The number of hydrogen-bond acceptors (Lipinski definition) is 0. The third kappa shape index (κ3) is 1.97. The maximum absolute atomic E-state index is 6.58. The van der Waals surface area contributed by atoms with Crippen molar-refractivity contribution in [2.24, 2.45) is 0 Å². The number of halogens is 2. The van der Waals surface area contributed by atoms with Gasteiger partial charge in [-0.1, -0.05) is 65.7 Å². The van der Waals surface area contributed by atoms with Crippen LogP contribution in [0.1, 0.15) is 24.0 Å². The molecule has 2 aromatic rings. The zero-order valence-corrected chi connectivity index (χ0v) is 13.2. The second-order valence-corrected chi connectivity index (χ2v) is 6.18. The minimum atomic E-state index is -0.211. The van der Waals surface area contributed by atoms with E-state index in [0.29, 0.717) is 10.0 Å². The van der Waals surface area contributed by atoms with E-state index in [-0.39, 0.29) is 5.41 Å². The molecule has 3 rings (SSSR count). The van der Waals surface area contributed by atoms with Crippen molar-refractivity contribution in [1.82, 2.24) is 0 Å². The lowest BCUT2D eigenvalue weighted by Gasteiger charge is -2.31. The van der Waals surface area contributed by atoms with E-state index in [4.69, 9.17) is 23.2 Å². The van der Waals surface area contributed by atoms with Crippen molar-refractivity contribution in [2.45, 2.75) is 18.3 Å². The molecule has 0 saturated carbocycles. The van der Waals surface area contributed by atoms with Gasteiger partial charge in [-0.25, -0.2) is 0 Å². The Hall–Kier alpha value is -1.50. The maximum Gasteiger partial charge on any atom is 0.0639 e. The molecule has 0 amide bonds. The molecule has 0 saturated heterocycles. The smallest absolute Gasteiger partial charge is 0.0639 e. The van der Waals surface area contributed by atoms with Gasteiger partial charge in [-0.05, 0) is 41.2 Å². The SMILES string of the molecule is C=CCC1(CC=C)c2ccccc2-c2ccc(Cl)c(Cl)c21. The molecule has 0 atom stereocenters. The van der Waals surface area contributed by atoms with Crippen LogP contribution < -0.4 is 0 Å². The van der Waals surface area contributed by atoms with Crippen molar-refractivity contribution >= 4 is 23.2 Å². The Kier molecular flexibility index (Phi) is 3.69. The largest absolute Gasteiger partial charge is 0.103 e. The van der Waals surface area contributed by atoms with E-state index in [9.17, 15) is 0 Å². The first-order chi connectivity index (χ1) is 10.2. The predicted molar refractivity (Wildman–Crippen MR) is 92.3 cm³/mol. The number of hydrogen-bond donors (Lipinski definition) is 0. The maximum atomic E-state index is 6.58. The van der Waals surface area contributed by atoms with Gasteiger partial charge >= 0.3 is 0 Å². The van der Waals surface area contributed by atoms with Crippen molar-refractivity contribution < 1.29 is 0 Å². The molecule has 0 radical (unpaired) electrons. The van der Waals surface area contributed by atoms with E-state index in [1.165, 1.54) is 16.7 Å². The van der Waals surface area contributed by atoms with Crippen molar-refractivity contribution in [3.8, 4) is 11.1 Å². The second kappa shape index (κ2) is 5.36. The molecule has 0 bridgehead atoms. The van der Waals surface area contributed by atoms with Crippen LogP contribution in [0.4, 0.5) is 0 Å². The molecule has 2 heteroatoms. The first-order valence-electron chi connectivity index (χ1n) is 6.96. The van der Waals surface area contributed by atoms with Crippen LogP contribution in [0.15, 0.2) is 61.7 Å². The molecule has 1 aliphatic rings. The van der Waals surface area contributed by atoms with Gasteiger partial charge in [0.15, 0.2) is 0 Å². The Morgan fingerprint density at radius 2 is 1.57 bits per heavy atom. The second-order valence-electron chi connectivity index (χ2n) is 5.40. The van der Waals surface area contributed by atoms with Crippen LogP contribution in [-0.2, 0) is 5.41 Å². The summed E-state index contributed by atoms with van der Waals surface area (Å²) in [6, 6.07) is 12.4. The zero-order valence-electron chi connectivity index (χ0n) is 11.7. The quantitative estimate of drug-likeness (QED) is 0.572. The van der Waals surface area contributed by atoms with E-state index in [1.807, 2.05) is 18.2 Å². The van der Waals surface area contributed by atoms with E-state index in [2.05, 4.69) is 43.5 Å². The number of allylic oxidation sites excluding steroid dienone is 2. The number of rotatable bonds is 4. The number of benzene rings is 2. The van der Waals surface area contributed by atoms with E-state index in [0.717, 1.165) is 18.4 Å². The summed E-state index contributed by atoms with van der Waals surface area (Å²) in [5, 5.41) is 1.25. The standard InChI is InChI=1S/C19H16Cl2/c1-3-11-19(12-4-2)15-8-6-5-7-13(15)14-9-10-16(20)18(21)17(14)19/h3-10H,1-2,11-12H2. The molecule has 0 unspecified atom stereocenters. The normalized spacial score (nSPS) is 14.4. The molecule has 0 spiro atoms. The molecule has 0 heterocycles. The molecular weight excluding hydrogens is 299 g/mol. The van der Waals surface area contributed by atoms with E-state index in [1.54, 1.807) is 0 Å². The van der Waals surface area contributed by atoms with Crippen molar-refractivity contribution in [3.05, 3.63) is 82.9 Å². The Labute approximate surface area is 135 Å². The highest BCUT2D eigenvalue weighted by Gasteiger charge is 2.43. The molecular formula is C19H16Cl2. The first-order valence-corrected chi connectivity index (χ1v) is 7.71. The topological polar surface area (TPSA) is 0 Å². The molecule has 0 nitrogen and oxygen atoms in total. The van der Waals surface area contributed by atoms with Gasteiger partial charge in [-0.3, -0.25) is 0 Å². The Balaban J connectivity index is 2.42. The molecule has 2 aromatic carbocycles. The average molecular weight is 315 g/mol. The van der Waals surface area contributed by atoms with Gasteiger partial charge in [0.25, 0.3) is 0 Å². The average Bonchev–Trinajstić information content (AvgIpc) is 2.76. The highest BCUT2D eigenvalue weighted by atomic mass is 35.5. The summed E-state index contributed by atoms with van der Waals surface area (Å²) in [5.74, 6) is 0. The molecule has 21 heavy (non-hydrogen) atoms. The van der Waals surface area contributed by atoms with Crippen molar-refractivity contribution in [1.29, 1.82) is 0 Å². The fraction of sp³-hybridized carbons (Fsp3) is 0.158. The van der Waals surface area contributed by atoms with Gasteiger partial charge in [0.1, 0.15) is 0 Å². The summed E-state index contributed by atoms with van der Waals surface area (Å²) >= 11 is 12.9. The highest BCUT2D eigenvalue weighted by Crippen LogP contribution is 2.56. The minimum absolute atomic E-state index is 0.211. The zero-order chi connectivity index (χ0) is 15.0. The van der Waals surface area contributed by atoms with Crippen LogP contribution >= 0.6 is 23.2 Å². The highest BCUT2D eigenvalue weighted by molar-refractivity contribution is 6.43. The van der Waals surface area contributed by atoms with Crippen LogP contribution in [0, 0.1) is 0 Å².